The summed E-state index contributed by atoms with van der Waals surface area (Å²) in [6.45, 7) is 1.61. The molecule has 0 fully saturated rings. The van der Waals surface area contributed by atoms with Crippen LogP contribution < -0.4 is 10.1 Å². The molecular formula is C23H20FNO4. The highest BCUT2D eigenvalue weighted by atomic mass is 19.1. The summed E-state index contributed by atoms with van der Waals surface area (Å²) in [5.41, 5.74) is 1.95. The van der Waals surface area contributed by atoms with Crippen molar-refractivity contribution in [3.05, 3.63) is 95.8 Å². The average Bonchev–Trinajstić information content (AvgIpc) is 2.74. The first-order valence-corrected chi connectivity index (χ1v) is 9.05. The number of rotatable bonds is 7. The smallest absolute Gasteiger partial charge is 0.347 e. The van der Waals surface area contributed by atoms with Crippen LogP contribution in [0.5, 0.6) is 5.75 Å². The Morgan fingerprint density at radius 3 is 2.24 bits per heavy atom. The van der Waals surface area contributed by atoms with E-state index >= 15 is 0 Å². The van der Waals surface area contributed by atoms with Gasteiger partial charge in [-0.1, -0.05) is 30.3 Å². The highest BCUT2D eigenvalue weighted by molar-refractivity contribution is 6.04. The van der Waals surface area contributed by atoms with E-state index in [1.54, 1.807) is 43.3 Å². The lowest BCUT2D eigenvalue weighted by molar-refractivity contribution is -0.152. The second kappa shape index (κ2) is 9.50. The van der Waals surface area contributed by atoms with Crippen LogP contribution in [0.3, 0.4) is 0 Å². The lowest BCUT2D eigenvalue weighted by Gasteiger charge is -2.14. The number of para-hydroxylation sites is 1. The third-order valence-electron chi connectivity index (χ3n) is 4.09. The van der Waals surface area contributed by atoms with Gasteiger partial charge in [0, 0.05) is 11.3 Å². The summed E-state index contributed by atoms with van der Waals surface area (Å²) in [5.74, 6) is -0.764. The minimum Gasteiger partial charge on any atom is -0.479 e. The van der Waals surface area contributed by atoms with Crippen LogP contribution in [0, 0.1) is 5.82 Å². The van der Waals surface area contributed by atoms with Gasteiger partial charge in [-0.15, -0.1) is 0 Å². The lowest BCUT2D eigenvalue weighted by atomic mass is 10.1. The van der Waals surface area contributed by atoms with E-state index in [2.05, 4.69) is 5.32 Å². The van der Waals surface area contributed by atoms with Crippen molar-refractivity contribution >= 4 is 17.6 Å². The first-order valence-electron chi connectivity index (χ1n) is 9.05. The van der Waals surface area contributed by atoms with Crippen LogP contribution in [-0.4, -0.2) is 18.0 Å². The summed E-state index contributed by atoms with van der Waals surface area (Å²) in [6.07, 6.45) is -0.837. The fourth-order valence-electron chi connectivity index (χ4n) is 2.51. The van der Waals surface area contributed by atoms with Crippen molar-refractivity contribution in [1.82, 2.24) is 0 Å². The van der Waals surface area contributed by atoms with Crippen molar-refractivity contribution in [1.29, 1.82) is 0 Å². The Balaban J connectivity index is 1.49. The molecule has 1 atom stereocenters. The molecular weight excluding hydrogens is 373 g/mol. The quantitative estimate of drug-likeness (QED) is 0.597. The van der Waals surface area contributed by atoms with Gasteiger partial charge in [0.25, 0.3) is 5.91 Å². The van der Waals surface area contributed by atoms with Crippen LogP contribution in [-0.2, 0) is 16.1 Å². The summed E-state index contributed by atoms with van der Waals surface area (Å²) in [6, 6.07) is 21.3. The number of esters is 1. The lowest BCUT2D eigenvalue weighted by Crippen LogP contribution is -2.26. The van der Waals surface area contributed by atoms with Crippen LogP contribution >= 0.6 is 0 Å². The Kier molecular flexibility index (Phi) is 6.58. The second-order valence-corrected chi connectivity index (χ2v) is 6.34. The van der Waals surface area contributed by atoms with Gasteiger partial charge in [-0.3, -0.25) is 4.79 Å². The summed E-state index contributed by atoms with van der Waals surface area (Å²) in [7, 11) is 0. The molecule has 0 unspecified atom stereocenters. The molecule has 0 bridgehead atoms. The molecule has 3 rings (SSSR count). The third kappa shape index (κ3) is 5.90. The van der Waals surface area contributed by atoms with Crippen molar-refractivity contribution < 1.29 is 23.5 Å². The number of hydrogen-bond donors (Lipinski definition) is 1. The predicted octanol–water partition coefficient (Wildman–Crippen LogP) is 4.59. The largest absolute Gasteiger partial charge is 0.479 e. The highest BCUT2D eigenvalue weighted by Crippen LogP contribution is 2.14. The first-order chi connectivity index (χ1) is 14.0. The van der Waals surface area contributed by atoms with Crippen molar-refractivity contribution in [3.63, 3.8) is 0 Å². The Bertz CT molecular complexity index is 956. The molecule has 0 spiro atoms. The summed E-state index contributed by atoms with van der Waals surface area (Å²) >= 11 is 0. The maximum atomic E-state index is 12.9. The predicted molar refractivity (Wildman–Crippen MR) is 107 cm³/mol. The first kappa shape index (κ1) is 20.1. The van der Waals surface area contributed by atoms with Gasteiger partial charge in [-0.25, -0.2) is 9.18 Å². The Morgan fingerprint density at radius 1 is 0.931 bits per heavy atom. The molecule has 0 saturated carbocycles. The normalized spacial score (nSPS) is 11.4. The zero-order chi connectivity index (χ0) is 20.6. The van der Waals surface area contributed by atoms with Crippen LogP contribution in [0.4, 0.5) is 10.1 Å². The molecule has 6 heteroatoms. The average molecular weight is 393 g/mol. The van der Waals surface area contributed by atoms with Gasteiger partial charge in [0.1, 0.15) is 18.2 Å². The Morgan fingerprint density at radius 2 is 1.59 bits per heavy atom. The standard InChI is InChI=1S/C23H20FNO4/c1-16(29-21-13-11-19(24)12-14-21)23(27)28-15-17-7-9-18(10-8-17)22(26)25-20-5-3-2-4-6-20/h2-14,16H,15H2,1H3,(H,25,26)/t16-/m0/s1. The van der Waals surface area contributed by atoms with E-state index < -0.39 is 12.1 Å². The molecule has 1 N–H and O–H groups in total. The summed E-state index contributed by atoms with van der Waals surface area (Å²) in [5, 5.41) is 2.81. The van der Waals surface area contributed by atoms with Crippen LogP contribution in [0.25, 0.3) is 0 Å². The zero-order valence-corrected chi connectivity index (χ0v) is 15.8. The van der Waals surface area contributed by atoms with Gasteiger partial charge in [-0.05, 0) is 61.0 Å². The number of halogens is 1. The Hall–Kier alpha value is -3.67. The Labute approximate surface area is 168 Å². The van der Waals surface area contributed by atoms with E-state index in [1.165, 1.54) is 24.3 Å². The maximum absolute atomic E-state index is 12.9. The fourth-order valence-corrected chi connectivity index (χ4v) is 2.51. The van der Waals surface area contributed by atoms with Crippen LogP contribution in [0.15, 0.2) is 78.9 Å². The van der Waals surface area contributed by atoms with Crippen molar-refractivity contribution in [2.75, 3.05) is 5.32 Å². The van der Waals surface area contributed by atoms with Crippen LogP contribution in [0.1, 0.15) is 22.8 Å². The minimum atomic E-state index is -0.837. The van der Waals surface area contributed by atoms with E-state index in [4.69, 9.17) is 9.47 Å². The van der Waals surface area contributed by atoms with E-state index in [1.807, 2.05) is 18.2 Å². The summed E-state index contributed by atoms with van der Waals surface area (Å²) in [4.78, 5) is 24.3. The van der Waals surface area contributed by atoms with Gasteiger partial charge in [-0.2, -0.15) is 0 Å². The van der Waals surface area contributed by atoms with Crippen molar-refractivity contribution in [2.24, 2.45) is 0 Å². The monoisotopic (exact) mass is 393 g/mol. The molecule has 3 aromatic rings. The zero-order valence-electron chi connectivity index (χ0n) is 15.8. The number of amides is 1. The maximum Gasteiger partial charge on any atom is 0.347 e. The number of benzene rings is 3. The number of ether oxygens (including phenoxy) is 2. The molecule has 148 valence electrons. The van der Waals surface area contributed by atoms with Gasteiger partial charge < -0.3 is 14.8 Å². The molecule has 0 aliphatic heterocycles. The second-order valence-electron chi connectivity index (χ2n) is 6.34. The molecule has 0 radical (unpaired) electrons. The molecule has 5 nitrogen and oxygen atoms in total. The molecule has 29 heavy (non-hydrogen) atoms. The molecule has 3 aromatic carbocycles. The molecule has 0 heterocycles. The third-order valence-corrected chi connectivity index (χ3v) is 4.09. The van der Waals surface area contributed by atoms with E-state index in [-0.39, 0.29) is 18.3 Å². The molecule has 0 aliphatic rings. The van der Waals surface area contributed by atoms with Gasteiger partial charge in [0.2, 0.25) is 0 Å². The molecule has 0 saturated heterocycles. The number of hydrogen-bond acceptors (Lipinski definition) is 4. The van der Waals surface area contributed by atoms with E-state index in [9.17, 15) is 14.0 Å². The van der Waals surface area contributed by atoms with Gasteiger partial charge in [0.05, 0.1) is 0 Å². The molecule has 1 amide bonds. The molecule has 0 aromatic heterocycles. The highest BCUT2D eigenvalue weighted by Gasteiger charge is 2.16. The van der Waals surface area contributed by atoms with Crippen molar-refractivity contribution in [3.8, 4) is 5.75 Å². The number of nitrogens with one attached hydrogen (secondary N) is 1. The number of carbonyl (C=O) groups is 2. The van der Waals surface area contributed by atoms with E-state index in [0.29, 0.717) is 17.0 Å². The number of anilines is 1. The number of carbonyl (C=O) groups excluding carboxylic acids is 2. The fraction of sp³-hybridized carbons (Fsp3) is 0.130. The van der Waals surface area contributed by atoms with E-state index in [0.717, 1.165) is 5.56 Å². The summed E-state index contributed by atoms with van der Waals surface area (Å²) < 4.78 is 23.6. The van der Waals surface area contributed by atoms with Gasteiger partial charge >= 0.3 is 5.97 Å². The van der Waals surface area contributed by atoms with Crippen molar-refractivity contribution in [2.45, 2.75) is 19.6 Å². The van der Waals surface area contributed by atoms with Crippen LogP contribution in [0.2, 0.25) is 0 Å². The minimum absolute atomic E-state index is 0.0521. The van der Waals surface area contributed by atoms with Gasteiger partial charge in [0.15, 0.2) is 6.10 Å². The topological polar surface area (TPSA) is 64.6 Å². The SMILES string of the molecule is C[C@H](Oc1ccc(F)cc1)C(=O)OCc1ccc(C(=O)Nc2ccccc2)cc1. The molecule has 0 aliphatic carbocycles.